The molecular weight excluding hydrogens is 228 g/mol. The summed E-state index contributed by atoms with van der Waals surface area (Å²) in [5.41, 5.74) is 0. The van der Waals surface area contributed by atoms with Crippen LogP contribution in [0.15, 0.2) is 0 Å². The fraction of sp³-hybridized carbons (Fsp3) is 1.00. The predicted octanol–water partition coefficient (Wildman–Crippen LogP) is 3.40. The summed E-state index contributed by atoms with van der Waals surface area (Å²) in [6, 6.07) is 0. The summed E-state index contributed by atoms with van der Waals surface area (Å²) >= 11 is 8.54. The van der Waals surface area contributed by atoms with Crippen LogP contribution in [0, 0.1) is 0 Å². The minimum atomic E-state index is -5.61. The van der Waals surface area contributed by atoms with Gasteiger partial charge in [-0.25, -0.2) is 4.57 Å². The average Bonchev–Trinajstić information content (AvgIpc) is 1.59. The highest BCUT2D eigenvalue weighted by molar-refractivity contribution is 8.24. The molecule has 0 saturated heterocycles. The molecule has 1 atom stereocenters. The van der Waals surface area contributed by atoms with Crippen molar-refractivity contribution in [2.75, 3.05) is 7.05 Å². The molecule has 0 aromatic heterocycles. The van der Waals surface area contributed by atoms with Gasteiger partial charge in [-0.1, -0.05) is 0 Å². The monoisotopic (exact) mass is 231 g/mol. The van der Waals surface area contributed by atoms with Crippen molar-refractivity contribution in [1.82, 2.24) is 4.44 Å². The Kier molecular flexibility index (Phi) is 3.40. The Labute approximate surface area is 66.0 Å². The molecule has 10 heavy (non-hydrogen) atoms. The van der Waals surface area contributed by atoms with Crippen molar-refractivity contribution in [1.29, 1.82) is 0 Å². The highest BCUT2D eigenvalue weighted by Gasteiger charge is 2.37. The quantitative estimate of drug-likeness (QED) is 0.680. The first-order valence-electron chi connectivity index (χ1n) is 1.89. The van der Waals surface area contributed by atoms with Gasteiger partial charge in [-0.15, -0.1) is 12.8 Å². The van der Waals surface area contributed by atoms with Crippen LogP contribution in [-0.4, -0.2) is 11.5 Å². The molecule has 0 aliphatic heterocycles. The zero-order chi connectivity index (χ0) is 8.58. The normalized spacial score (nSPS) is 19.0. The van der Waals surface area contributed by atoms with Gasteiger partial charge in [0, 0.05) is 7.05 Å². The van der Waals surface area contributed by atoms with Gasteiger partial charge >= 0.3 is 7.91 Å². The summed E-state index contributed by atoms with van der Waals surface area (Å²) in [5, 5.41) is 0. The predicted molar refractivity (Wildman–Crippen MR) is 38.8 cm³/mol. The number of halogens is 4. The molecule has 0 radical (unpaired) electrons. The number of hydrogen-bond acceptors (Lipinski definition) is 2. The van der Waals surface area contributed by atoms with Crippen LogP contribution in [0.2, 0.25) is 0 Å². The van der Waals surface area contributed by atoms with Gasteiger partial charge in [0.2, 0.25) is 0 Å². The second-order valence-electron chi connectivity index (χ2n) is 1.36. The molecule has 0 fully saturated rings. The molecule has 9 heteroatoms. The summed E-state index contributed by atoms with van der Waals surface area (Å²) in [6.07, 6.45) is 0. The van der Waals surface area contributed by atoms with Gasteiger partial charge in [-0.3, -0.25) is 0 Å². The summed E-state index contributed by atoms with van der Waals surface area (Å²) in [6.45, 7) is 0. The van der Waals surface area contributed by atoms with Gasteiger partial charge in [-0.2, -0.15) is 4.20 Å². The highest BCUT2D eigenvalue weighted by atomic mass is 35.7. The van der Waals surface area contributed by atoms with Crippen LogP contribution in [0.4, 0.5) is 12.6 Å². The van der Waals surface area contributed by atoms with Crippen molar-refractivity contribution in [3.63, 3.8) is 0 Å². The Morgan fingerprint density at radius 3 is 1.80 bits per heavy atom. The first-order valence-corrected chi connectivity index (χ1v) is 6.88. The van der Waals surface area contributed by atoms with E-state index in [1.807, 2.05) is 0 Å². The standard InChI is InChI=1S/CH3ClF3NOP2S/c1-6(8(2,3)10)9(4,5)7/h1H3. The van der Waals surface area contributed by atoms with E-state index >= 15 is 0 Å². The van der Waals surface area contributed by atoms with E-state index in [9.17, 15) is 17.2 Å². The molecule has 1 unspecified atom stereocenters. The lowest BCUT2D eigenvalue weighted by molar-refractivity contribution is 0.450. The Bertz CT molecular complexity index is 189. The third kappa shape index (κ3) is 3.35. The second kappa shape index (κ2) is 3.11. The van der Waals surface area contributed by atoms with Crippen LogP contribution >= 0.6 is 25.0 Å². The SMILES string of the molecule is CN(P(=O)(F)F)P(F)(=S)Cl. The number of rotatable bonds is 2. The fourth-order valence-electron chi connectivity index (χ4n) is 0.121. The van der Waals surface area contributed by atoms with E-state index in [2.05, 4.69) is 11.8 Å². The maximum Gasteiger partial charge on any atom is 0.489 e. The summed E-state index contributed by atoms with van der Waals surface area (Å²) in [5.74, 6) is -4.25. The number of hydrogen-bond donors (Lipinski definition) is 0. The van der Waals surface area contributed by atoms with Gasteiger partial charge in [0.15, 0.2) is 0 Å². The van der Waals surface area contributed by atoms with Crippen molar-refractivity contribution >= 4 is 36.8 Å². The van der Waals surface area contributed by atoms with E-state index in [0.717, 1.165) is 0 Å². The second-order valence-corrected chi connectivity index (χ2v) is 8.01. The maximum absolute atomic E-state index is 12.2. The molecule has 0 aliphatic carbocycles. The lowest BCUT2D eigenvalue weighted by Gasteiger charge is -2.15. The van der Waals surface area contributed by atoms with E-state index in [0.29, 0.717) is 7.05 Å². The van der Waals surface area contributed by atoms with E-state index in [1.165, 1.54) is 0 Å². The molecule has 0 N–H and O–H groups in total. The van der Waals surface area contributed by atoms with E-state index < -0.39 is 13.8 Å². The van der Waals surface area contributed by atoms with Gasteiger partial charge in [-0.05, 0) is 23.0 Å². The molecule has 0 amide bonds. The minimum absolute atomic E-state index is 0.378. The third-order valence-corrected chi connectivity index (χ3v) is 5.48. The summed E-state index contributed by atoms with van der Waals surface area (Å²) in [4.78, 5) is 0. The molecule has 0 saturated carbocycles. The van der Waals surface area contributed by atoms with Gasteiger partial charge in [0.05, 0.1) is 0 Å². The van der Waals surface area contributed by atoms with Gasteiger partial charge < -0.3 is 0 Å². The van der Waals surface area contributed by atoms with Crippen LogP contribution in [0.25, 0.3) is 0 Å². The van der Waals surface area contributed by atoms with Crippen LogP contribution in [-0.2, 0) is 16.4 Å². The van der Waals surface area contributed by atoms with Crippen molar-refractivity contribution in [3.05, 3.63) is 0 Å². The van der Waals surface area contributed by atoms with Crippen LogP contribution in [0.5, 0.6) is 0 Å². The summed E-state index contributed by atoms with van der Waals surface area (Å²) < 4.78 is 45.1. The maximum atomic E-state index is 12.2. The Balaban J connectivity index is 4.56. The van der Waals surface area contributed by atoms with Crippen molar-refractivity contribution in [2.45, 2.75) is 0 Å². The Morgan fingerprint density at radius 1 is 1.50 bits per heavy atom. The molecule has 0 aromatic carbocycles. The van der Waals surface area contributed by atoms with Gasteiger partial charge in [0.1, 0.15) is 0 Å². The van der Waals surface area contributed by atoms with E-state index in [-0.39, 0.29) is 4.44 Å². The first kappa shape index (κ1) is 10.9. The average molecular weight is 232 g/mol. The molecule has 0 aromatic rings. The molecule has 0 rings (SSSR count). The minimum Gasteiger partial charge on any atom is -0.231 e. The van der Waals surface area contributed by atoms with Gasteiger partial charge in [0.25, 0.3) is 5.85 Å². The van der Waals surface area contributed by atoms with Crippen molar-refractivity contribution in [3.8, 4) is 0 Å². The highest BCUT2D eigenvalue weighted by Crippen LogP contribution is 2.70. The molecule has 62 valence electrons. The molecule has 0 aliphatic rings. The lowest BCUT2D eigenvalue weighted by Crippen LogP contribution is -1.99. The molecule has 0 spiro atoms. The lowest BCUT2D eigenvalue weighted by atomic mass is 11.6. The topological polar surface area (TPSA) is 20.3 Å². The van der Waals surface area contributed by atoms with Crippen LogP contribution in [0.1, 0.15) is 0 Å². The zero-order valence-corrected chi connectivity index (χ0v) is 8.03. The fourth-order valence-corrected chi connectivity index (χ4v) is 2.56. The van der Waals surface area contributed by atoms with Crippen LogP contribution < -0.4 is 0 Å². The van der Waals surface area contributed by atoms with E-state index in [1.54, 1.807) is 0 Å². The smallest absolute Gasteiger partial charge is 0.231 e. The van der Waals surface area contributed by atoms with Crippen LogP contribution in [0.3, 0.4) is 0 Å². The molecule has 0 heterocycles. The van der Waals surface area contributed by atoms with Crippen molar-refractivity contribution in [2.24, 2.45) is 0 Å². The zero-order valence-electron chi connectivity index (χ0n) is 4.67. The molecule has 0 bridgehead atoms. The molecular formula is CH3ClF3NOP2S. The van der Waals surface area contributed by atoms with E-state index in [4.69, 9.17) is 11.2 Å². The largest absolute Gasteiger partial charge is 0.489 e. The Hall–Kier alpha value is 0.920. The third-order valence-electron chi connectivity index (χ3n) is 0.674. The first-order chi connectivity index (χ1) is 4.15. The molecule has 2 nitrogen and oxygen atoms in total. The number of nitrogens with zero attached hydrogens (tertiary/aromatic N) is 1. The van der Waals surface area contributed by atoms with Crippen molar-refractivity contribution < 1.29 is 17.2 Å². The Morgan fingerprint density at radius 2 is 1.80 bits per heavy atom. The summed E-state index contributed by atoms with van der Waals surface area (Å²) in [7, 11) is -5.01.